The van der Waals surface area contributed by atoms with E-state index >= 15 is 0 Å². The maximum absolute atomic E-state index is 12.7. The molecule has 1 N–H and O–H groups in total. The Morgan fingerprint density at radius 1 is 1.28 bits per heavy atom. The van der Waals surface area contributed by atoms with Crippen molar-refractivity contribution in [1.82, 2.24) is 14.5 Å². The normalized spacial score (nSPS) is 16.2. The van der Waals surface area contributed by atoms with E-state index in [4.69, 9.17) is 0 Å². The molecule has 0 bridgehead atoms. The Morgan fingerprint density at radius 2 is 1.88 bits per heavy atom. The van der Waals surface area contributed by atoms with E-state index in [1.54, 1.807) is 24.1 Å². The van der Waals surface area contributed by atoms with Gasteiger partial charge < -0.3 is 10.2 Å². The molecule has 0 atom stereocenters. The summed E-state index contributed by atoms with van der Waals surface area (Å²) in [4.78, 5) is 14.6. The average molecular weight is 390 g/mol. The van der Waals surface area contributed by atoms with Gasteiger partial charge in [-0.15, -0.1) is 12.4 Å². The van der Waals surface area contributed by atoms with Crippen molar-refractivity contribution >= 4 is 28.3 Å². The largest absolute Gasteiger partial charge is 0.339 e. The first-order valence-electron chi connectivity index (χ1n) is 8.32. The predicted octanol–water partition coefficient (Wildman–Crippen LogP) is 1.96. The fraction of sp³-hybridized carbons (Fsp3) is 0.588. The van der Waals surface area contributed by atoms with Crippen molar-refractivity contribution < 1.29 is 13.2 Å². The van der Waals surface area contributed by atoms with E-state index in [0.717, 1.165) is 12.8 Å². The Labute approximate surface area is 157 Å². The lowest BCUT2D eigenvalue weighted by Crippen LogP contribution is -2.44. The molecule has 0 aliphatic carbocycles. The van der Waals surface area contributed by atoms with Crippen molar-refractivity contribution in [2.24, 2.45) is 0 Å². The van der Waals surface area contributed by atoms with Crippen molar-refractivity contribution in [2.45, 2.75) is 43.7 Å². The molecule has 25 heavy (non-hydrogen) atoms. The summed E-state index contributed by atoms with van der Waals surface area (Å²) < 4.78 is 26.5. The number of likely N-dealkylation sites (tertiary alicyclic amines) is 1. The van der Waals surface area contributed by atoms with E-state index in [1.807, 2.05) is 20.9 Å². The first-order chi connectivity index (χ1) is 11.3. The van der Waals surface area contributed by atoms with Crippen LogP contribution in [0.5, 0.6) is 0 Å². The van der Waals surface area contributed by atoms with E-state index in [-0.39, 0.29) is 29.3 Å². The minimum atomic E-state index is -3.59. The Balaban J connectivity index is 0.00000312. The van der Waals surface area contributed by atoms with Crippen LogP contribution in [0.2, 0.25) is 0 Å². The Kier molecular flexibility index (Phi) is 7.87. The number of rotatable bonds is 5. The first-order valence-corrected chi connectivity index (χ1v) is 9.76. The third kappa shape index (κ3) is 4.94. The van der Waals surface area contributed by atoms with Gasteiger partial charge in [-0.1, -0.05) is 6.07 Å². The fourth-order valence-electron chi connectivity index (χ4n) is 2.79. The van der Waals surface area contributed by atoms with Gasteiger partial charge in [-0.2, -0.15) is 4.31 Å². The number of amides is 1. The maximum Gasteiger partial charge on any atom is 0.253 e. The standard InChI is InChI=1S/C17H27N3O3S.ClH/c1-13(2)19(4)24(22,23)16-7-5-6-14(12-16)17(21)20-10-8-15(18-3)9-11-20;/h5-7,12-13,15,18H,8-11H2,1-4H3;1H. The van der Waals surface area contributed by atoms with Crippen LogP contribution in [0.3, 0.4) is 0 Å². The van der Waals surface area contributed by atoms with E-state index in [2.05, 4.69) is 5.32 Å². The van der Waals surface area contributed by atoms with Crippen LogP contribution in [-0.4, -0.2) is 62.8 Å². The summed E-state index contributed by atoms with van der Waals surface area (Å²) in [6.07, 6.45) is 1.83. The highest BCUT2D eigenvalue weighted by molar-refractivity contribution is 7.89. The van der Waals surface area contributed by atoms with Crippen molar-refractivity contribution in [3.63, 3.8) is 0 Å². The zero-order valence-corrected chi connectivity index (χ0v) is 16.9. The number of benzene rings is 1. The minimum Gasteiger partial charge on any atom is -0.339 e. The molecule has 2 rings (SSSR count). The van der Waals surface area contributed by atoms with Gasteiger partial charge in [0.2, 0.25) is 10.0 Å². The minimum absolute atomic E-state index is 0. The van der Waals surface area contributed by atoms with Crippen molar-refractivity contribution in [2.75, 3.05) is 27.2 Å². The second-order valence-electron chi connectivity index (χ2n) is 6.50. The molecule has 1 saturated heterocycles. The smallest absolute Gasteiger partial charge is 0.253 e. The summed E-state index contributed by atoms with van der Waals surface area (Å²) in [6.45, 7) is 5.01. The van der Waals surface area contributed by atoms with Crippen LogP contribution < -0.4 is 5.32 Å². The summed E-state index contributed by atoms with van der Waals surface area (Å²) in [5.41, 5.74) is 0.427. The van der Waals surface area contributed by atoms with Crippen LogP contribution in [0, 0.1) is 0 Å². The summed E-state index contributed by atoms with van der Waals surface area (Å²) in [5, 5.41) is 3.23. The molecule has 1 aromatic rings. The van der Waals surface area contributed by atoms with Crippen LogP contribution in [-0.2, 0) is 10.0 Å². The number of carbonyl (C=O) groups is 1. The fourth-order valence-corrected chi connectivity index (χ4v) is 4.20. The third-order valence-corrected chi connectivity index (χ3v) is 6.71. The average Bonchev–Trinajstić information content (AvgIpc) is 2.60. The van der Waals surface area contributed by atoms with Crippen LogP contribution in [0.1, 0.15) is 37.0 Å². The number of hydrogen-bond acceptors (Lipinski definition) is 4. The van der Waals surface area contributed by atoms with Gasteiger partial charge in [0.1, 0.15) is 0 Å². The molecule has 0 aromatic heterocycles. The highest BCUT2D eigenvalue weighted by Crippen LogP contribution is 2.20. The van der Waals surface area contributed by atoms with Gasteiger partial charge in [-0.3, -0.25) is 4.79 Å². The summed E-state index contributed by atoms with van der Waals surface area (Å²) >= 11 is 0. The van der Waals surface area contributed by atoms with Crippen LogP contribution >= 0.6 is 12.4 Å². The highest BCUT2D eigenvalue weighted by Gasteiger charge is 2.26. The monoisotopic (exact) mass is 389 g/mol. The number of carbonyl (C=O) groups excluding carboxylic acids is 1. The Bertz CT molecular complexity index is 686. The molecular weight excluding hydrogens is 362 g/mol. The molecule has 0 unspecified atom stereocenters. The number of nitrogens with one attached hydrogen (secondary N) is 1. The summed E-state index contributed by atoms with van der Waals surface area (Å²) in [5.74, 6) is -0.103. The lowest BCUT2D eigenvalue weighted by Gasteiger charge is -2.32. The van der Waals surface area contributed by atoms with E-state index in [9.17, 15) is 13.2 Å². The molecular formula is C17H28ClN3O3S. The van der Waals surface area contributed by atoms with Crippen LogP contribution in [0.4, 0.5) is 0 Å². The zero-order chi connectivity index (χ0) is 17.9. The number of piperidine rings is 1. The number of sulfonamides is 1. The van der Waals surface area contributed by atoms with Crippen molar-refractivity contribution in [1.29, 1.82) is 0 Å². The Hall–Kier alpha value is -1.15. The summed E-state index contributed by atoms with van der Waals surface area (Å²) in [7, 11) is -0.100. The number of nitrogens with zero attached hydrogens (tertiary/aromatic N) is 2. The van der Waals surface area contributed by atoms with Crippen molar-refractivity contribution in [3.8, 4) is 0 Å². The molecule has 0 spiro atoms. The van der Waals surface area contributed by atoms with Gasteiger partial charge in [-0.05, 0) is 51.9 Å². The molecule has 1 aliphatic rings. The topological polar surface area (TPSA) is 69.7 Å². The SMILES string of the molecule is CNC1CCN(C(=O)c2cccc(S(=O)(=O)N(C)C(C)C)c2)CC1.Cl. The molecule has 1 amide bonds. The third-order valence-electron chi connectivity index (χ3n) is 4.68. The molecule has 1 fully saturated rings. The molecule has 1 aliphatic heterocycles. The van der Waals surface area contributed by atoms with Gasteiger partial charge in [-0.25, -0.2) is 8.42 Å². The van der Waals surface area contributed by atoms with E-state index in [0.29, 0.717) is 24.7 Å². The molecule has 142 valence electrons. The van der Waals surface area contributed by atoms with Gasteiger partial charge in [0.15, 0.2) is 0 Å². The molecule has 1 aromatic carbocycles. The number of halogens is 1. The molecule has 0 saturated carbocycles. The van der Waals surface area contributed by atoms with Crippen LogP contribution in [0.15, 0.2) is 29.2 Å². The second kappa shape index (κ2) is 8.98. The van der Waals surface area contributed by atoms with Crippen LogP contribution in [0.25, 0.3) is 0 Å². The number of hydrogen-bond donors (Lipinski definition) is 1. The van der Waals surface area contributed by atoms with Crippen molar-refractivity contribution in [3.05, 3.63) is 29.8 Å². The zero-order valence-electron chi connectivity index (χ0n) is 15.2. The molecule has 8 heteroatoms. The maximum atomic E-state index is 12.7. The Morgan fingerprint density at radius 3 is 2.40 bits per heavy atom. The van der Waals surface area contributed by atoms with Gasteiger partial charge in [0, 0.05) is 37.8 Å². The van der Waals surface area contributed by atoms with E-state index < -0.39 is 10.0 Å². The molecule has 6 nitrogen and oxygen atoms in total. The predicted molar refractivity (Wildman–Crippen MR) is 102 cm³/mol. The lowest BCUT2D eigenvalue weighted by molar-refractivity contribution is 0.0707. The van der Waals surface area contributed by atoms with Gasteiger partial charge in [0.25, 0.3) is 5.91 Å². The highest BCUT2D eigenvalue weighted by atomic mass is 35.5. The van der Waals surface area contributed by atoms with E-state index in [1.165, 1.54) is 16.4 Å². The summed E-state index contributed by atoms with van der Waals surface area (Å²) in [6, 6.07) is 6.64. The van der Waals surface area contributed by atoms with Gasteiger partial charge >= 0.3 is 0 Å². The first kappa shape index (κ1) is 21.9. The lowest BCUT2D eigenvalue weighted by atomic mass is 10.0. The second-order valence-corrected chi connectivity index (χ2v) is 8.50. The molecule has 0 radical (unpaired) electrons. The quantitative estimate of drug-likeness (QED) is 0.835. The molecule has 1 heterocycles. The van der Waals surface area contributed by atoms with Gasteiger partial charge in [0.05, 0.1) is 4.90 Å².